The van der Waals surface area contributed by atoms with Crippen molar-refractivity contribution in [3.05, 3.63) is 34.1 Å². The van der Waals surface area contributed by atoms with Crippen LogP contribution in [0.1, 0.15) is 39.2 Å². The van der Waals surface area contributed by atoms with Crippen molar-refractivity contribution in [3.63, 3.8) is 0 Å². The van der Waals surface area contributed by atoms with Gasteiger partial charge in [0.2, 0.25) is 0 Å². The van der Waals surface area contributed by atoms with E-state index in [1.807, 2.05) is 13.0 Å². The van der Waals surface area contributed by atoms with Crippen LogP contribution in [-0.4, -0.2) is 18.2 Å². The molecule has 1 atom stereocenters. The van der Waals surface area contributed by atoms with Gasteiger partial charge in [-0.2, -0.15) is 0 Å². The Kier molecular flexibility index (Phi) is 7.09. The summed E-state index contributed by atoms with van der Waals surface area (Å²) in [5, 5.41) is 0. The smallest absolute Gasteiger partial charge is 0.124 e. The first-order chi connectivity index (χ1) is 9.51. The van der Waals surface area contributed by atoms with E-state index in [-0.39, 0.29) is 17.5 Å². The Labute approximate surface area is 129 Å². The first-order valence-electron chi connectivity index (χ1n) is 7.06. The van der Waals surface area contributed by atoms with E-state index in [0.29, 0.717) is 13.0 Å². The van der Waals surface area contributed by atoms with Crippen LogP contribution in [0.15, 0.2) is 22.7 Å². The number of hydrogen-bond acceptors (Lipinski definition) is 3. The molecule has 0 aliphatic heterocycles. The maximum absolute atomic E-state index is 13.5. The second-order valence-electron chi connectivity index (χ2n) is 4.91. The zero-order chi connectivity index (χ0) is 15.2. The number of benzene rings is 1. The van der Waals surface area contributed by atoms with Crippen LogP contribution >= 0.6 is 15.9 Å². The van der Waals surface area contributed by atoms with Gasteiger partial charge in [-0.3, -0.25) is 11.3 Å². The summed E-state index contributed by atoms with van der Waals surface area (Å²) in [5.41, 5.74) is 3.42. The highest BCUT2D eigenvalue weighted by atomic mass is 79.9. The highest BCUT2D eigenvalue weighted by molar-refractivity contribution is 9.10. The minimum Gasteiger partial charge on any atom is -0.374 e. The number of rotatable bonds is 8. The van der Waals surface area contributed by atoms with E-state index in [4.69, 9.17) is 10.6 Å². The Morgan fingerprint density at radius 3 is 2.40 bits per heavy atom. The minimum absolute atomic E-state index is 0.0638. The normalized spacial score (nSPS) is 13.5. The third-order valence-electron chi connectivity index (χ3n) is 3.83. The van der Waals surface area contributed by atoms with Gasteiger partial charge in [0.05, 0.1) is 11.6 Å². The van der Waals surface area contributed by atoms with Crippen LogP contribution in [0.25, 0.3) is 0 Å². The Bertz CT molecular complexity index is 404. The highest BCUT2D eigenvalue weighted by Crippen LogP contribution is 2.28. The lowest BCUT2D eigenvalue weighted by Gasteiger charge is -2.39. The van der Waals surface area contributed by atoms with Gasteiger partial charge in [-0.15, -0.1) is 0 Å². The zero-order valence-electron chi connectivity index (χ0n) is 12.4. The zero-order valence-corrected chi connectivity index (χ0v) is 14.0. The molecular formula is C15H24BrFN2O. The van der Waals surface area contributed by atoms with Crippen LogP contribution in [0.4, 0.5) is 4.39 Å². The van der Waals surface area contributed by atoms with Gasteiger partial charge < -0.3 is 4.74 Å². The van der Waals surface area contributed by atoms with Crippen LogP contribution in [0, 0.1) is 5.82 Å². The minimum atomic E-state index is -0.331. The van der Waals surface area contributed by atoms with Crippen LogP contribution in [0.3, 0.4) is 0 Å². The van der Waals surface area contributed by atoms with Gasteiger partial charge >= 0.3 is 0 Å². The fourth-order valence-electron chi connectivity index (χ4n) is 2.70. The molecule has 0 spiro atoms. The van der Waals surface area contributed by atoms with Crippen molar-refractivity contribution in [3.8, 4) is 0 Å². The molecule has 5 heteroatoms. The van der Waals surface area contributed by atoms with Crippen LogP contribution in [-0.2, 0) is 11.2 Å². The number of nitrogens with two attached hydrogens (primary N) is 1. The van der Waals surface area contributed by atoms with E-state index in [1.165, 1.54) is 12.1 Å². The lowest BCUT2D eigenvalue weighted by Crippen LogP contribution is -2.55. The SMILES string of the molecule is CCOC(CC)(CC)C(Cc1cc(F)cc(Br)c1)NN. The van der Waals surface area contributed by atoms with Gasteiger partial charge in [-0.05, 0) is 49.9 Å². The first kappa shape index (κ1) is 17.6. The molecule has 3 nitrogen and oxygen atoms in total. The number of ether oxygens (including phenoxy) is 1. The molecule has 0 saturated carbocycles. The average molecular weight is 347 g/mol. The third kappa shape index (κ3) is 4.25. The largest absolute Gasteiger partial charge is 0.374 e. The molecule has 1 rings (SSSR count). The maximum Gasteiger partial charge on any atom is 0.124 e. The number of halogens is 2. The molecule has 0 aromatic heterocycles. The average Bonchev–Trinajstić information content (AvgIpc) is 2.41. The summed E-state index contributed by atoms with van der Waals surface area (Å²) < 4.78 is 20.2. The van der Waals surface area contributed by atoms with E-state index < -0.39 is 0 Å². The predicted molar refractivity (Wildman–Crippen MR) is 83.9 cm³/mol. The molecule has 0 bridgehead atoms. The second-order valence-corrected chi connectivity index (χ2v) is 5.82. The Morgan fingerprint density at radius 1 is 1.30 bits per heavy atom. The van der Waals surface area contributed by atoms with E-state index >= 15 is 0 Å². The van der Waals surface area contributed by atoms with Gasteiger partial charge in [0.15, 0.2) is 0 Å². The third-order valence-corrected chi connectivity index (χ3v) is 4.28. The topological polar surface area (TPSA) is 47.3 Å². The lowest BCUT2D eigenvalue weighted by atomic mass is 9.84. The molecule has 0 fully saturated rings. The van der Waals surface area contributed by atoms with Gasteiger partial charge in [0, 0.05) is 11.1 Å². The van der Waals surface area contributed by atoms with Crippen molar-refractivity contribution in [1.29, 1.82) is 0 Å². The van der Waals surface area contributed by atoms with Crippen molar-refractivity contribution in [2.24, 2.45) is 5.84 Å². The maximum atomic E-state index is 13.5. The number of nitrogens with one attached hydrogen (secondary N) is 1. The molecule has 1 unspecified atom stereocenters. The second kappa shape index (κ2) is 8.08. The monoisotopic (exact) mass is 346 g/mol. The van der Waals surface area contributed by atoms with E-state index in [1.54, 1.807) is 0 Å². The number of hydrazine groups is 1. The molecule has 1 aromatic rings. The molecular weight excluding hydrogens is 323 g/mol. The van der Waals surface area contributed by atoms with Crippen molar-refractivity contribution < 1.29 is 9.13 Å². The molecule has 1 aromatic carbocycles. The van der Waals surface area contributed by atoms with Crippen molar-refractivity contribution >= 4 is 15.9 Å². The van der Waals surface area contributed by atoms with Crippen LogP contribution in [0.5, 0.6) is 0 Å². The fourth-order valence-corrected chi connectivity index (χ4v) is 3.21. The Morgan fingerprint density at radius 2 is 1.95 bits per heavy atom. The molecule has 3 N–H and O–H groups in total. The van der Waals surface area contributed by atoms with Crippen molar-refractivity contribution in [2.75, 3.05) is 6.61 Å². The fraction of sp³-hybridized carbons (Fsp3) is 0.600. The molecule has 0 amide bonds. The van der Waals surface area contributed by atoms with E-state index in [9.17, 15) is 4.39 Å². The molecule has 0 heterocycles. The molecule has 0 aliphatic carbocycles. The van der Waals surface area contributed by atoms with Crippen molar-refractivity contribution in [1.82, 2.24) is 5.43 Å². The number of hydrogen-bond donors (Lipinski definition) is 2. The molecule has 0 radical (unpaired) electrons. The standard InChI is InChI=1S/C15H24BrFN2O/c1-4-15(5-2,20-6-3)14(19-18)9-11-7-12(16)10-13(17)8-11/h7-8,10,14,19H,4-6,9,18H2,1-3H3. The van der Waals surface area contributed by atoms with E-state index in [0.717, 1.165) is 22.9 Å². The summed E-state index contributed by atoms with van der Waals surface area (Å²) in [6.07, 6.45) is 2.32. The summed E-state index contributed by atoms with van der Waals surface area (Å²) >= 11 is 3.32. The summed E-state index contributed by atoms with van der Waals surface area (Å²) in [7, 11) is 0. The van der Waals surface area contributed by atoms with Gasteiger partial charge in [0.25, 0.3) is 0 Å². The lowest BCUT2D eigenvalue weighted by molar-refractivity contribution is -0.0719. The summed E-state index contributed by atoms with van der Waals surface area (Å²) in [6.45, 7) is 6.79. The van der Waals surface area contributed by atoms with Gasteiger partial charge in [-0.25, -0.2) is 4.39 Å². The van der Waals surface area contributed by atoms with Gasteiger partial charge in [0.1, 0.15) is 5.82 Å². The highest BCUT2D eigenvalue weighted by Gasteiger charge is 2.36. The molecule has 20 heavy (non-hydrogen) atoms. The molecule has 0 aliphatic rings. The predicted octanol–water partition coefficient (Wildman–Crippen LogP) is 3.56. The molecule has 114 valence electrons. The molecule has 0 saturated heterocycles. The van der Waals surface area contributed by atoms with Crippen LogP contribution < -0.4 is 11.3 Å². The van der Waals surface area contributed by atoms with E-state index in [2.05, 4.69) is 35.2 Å². The summed E-state index contributed by atoms with van der Waals surface area (Å²) in [4.78, 5) is 0. The first-order valence-corrected chi connectivity index (χ1v) is 7.85. The Balaban J connectivity index is 2.99. The van der Waals surface area contributed by atoms with Gasteiger partial charge in [-0.1, -0.05) is 29.8 Å². The Hall–Kier alpha value is -0.490. The quantitative estimate of drug-likeness (QED) is 0.558. The summed E-state index contributed by atoms with van der Waals surface area (Å²) in [6, 6.07) is 4.84. The van der Waals surface area contributed by atoms with Crippen molar-refractivity contribution in [2.45, 2.75) is 51.7 Å². The van der Waals surface area contributed by atoms with Crippen LogP contribution in [0.2, 0.25) is 0 Å². The summed E-state index contributed by atoms with van der Waals surface area (Å²) in [5.74, 6) is 5.48.